The first kappa shape index (κ1) is 12.1. The molecule has 0 bridgehead atoms. The van der Waals surface area contributed by atoms with Gasteiger partial charge in [0.05, 0.1) is 11.5 Å². The van der Waals surface area contributed by atoms with Gasteiger partial charge in [-0.2, -0.15) is 0 Å². The van der Waals surface area contributed by atoms with Crippen LogP contribution in [0.25, 0.3) is 0 Å². The molecule has 0 aliphatic carbocycles. The average Bonchev–Trinajstić information content (AvgIpc) is 2.03. The van der Waals surface area contributed by atoms with E-state index < -0.39 is 5.41 Å². The molecule has 72 valence electrons. The van der Waals surface area contributed by atoms with Gasteiger partial charge in [-0.25, -0.2) is 0 Å². The molecule has 0 heterocycles. The number of rotatable bonds is 3. The maximum absolute atomic E-state index is 11.5. The Hall–Kier alpha value is -0.940. The van der Waals surface area contributed by atoms with Crippen LogP contribution in [0.2, 0.25) is 0 Å². The third kappa shape index (κ3) is 3.12. The van der Waals surface area contributed by atoms with Crippen molar-refractivity contribution < 1.29 is 4.79 Å². The minimum Gasteiger partial charge on any atom is -0.342 e. The lowest BCUT2D eigenvalue weighted by Gasteiger charge is -2.23. The molecule has 13 heavy (non-hydrogen) atoms. The van der Waals surface area contributed by atoms with Crippen LogP contribution in [0.15, 0.2) is 11.6 Å². The smallest absolute Gasteiger partial charge is 0.231 e. The zero-order valence-corrected chi connectivity index (χ0v) is 8.90. The first-order valence-electron chi connectivity index (χ1n) is 3.94. The summed E-state index contributed by atoms with van der Waals surface area (Å²) in [5, 5.41) is 2.93. The molecule has 1 amide bonds. The van der Waals surface area contributed by atoms with Crippen molar-refractivity contribution >= 4 is 17.5 Å². The summed E-state index contributed by atoms with van der Waals surface area (Å²) in [7, 11) is 0. The number of hydrogen-bond acceptors (Lipinski definition) is 1. The number of carbonyl (C=O) groups excluding carboxylic acids is 1. The van der Waals surface area contributed by atoms with Crippen molar-refractivity contribution in [3.63, 3.8) is 0 Å². The molecule has 0 aliphatic heterocycles. The number of nitrogens with one attached hydrogen (secondary N) is 1. The Morgan fingerprint density at radius 2 is 2.15 bits per heavy atom. The average molecular weight is 200 g/mol. The summed E-state index contributed by atoms with van der Waals surface area (Å²) in [5.74, 6) is 2.19. The molecule has 2 nitrogen and oxygen atoms in total. The van der Waals surface area contributed by atoms with Crippen LogP contribution < -0.4 is 5.32 Å². The van der Waals surface area contributed by atoms with Gasteiger partial charge in [0, 0.05) is 5.03 Å². The van der Waals surface area contributed by atoms with E-state index in [1.807, 2.05) is 0 Å². The molecule has 0 spiro atoms. The highest BCUT2D eigenvalue weighted by Crippen LogP contribution is 2.27. The first-order valence-corrected chi connectivity index (χ1v) is 4.32. The summed E-state index contributed by atoms with van der Waals surface area (Å²) in [6.45, 7) is 8.65. The van der Waals surface area contributed by atoms with E-state index in [2.05, 4.69) is 17.8 Å². The van der Waals surface area contributed by atoms with Crippen LogP contribution in [0.1, 0.15) is 20.8 Å². The summed E-state index contributed by atoms with van der Waals surface area (Å²) < 4.78 is 0. The minimum absolute atomic E-state index is 0.210. The molecular weight excluding hydrogens is 186 g/mol. The zero-order chi connectivity index (χ0) is 10.6. The predicted octanol–water partition coefficient (Wildman–Crippen LogP) is 1.90. The Balaban J connectivity index is 4.45. The number of carbonyl (C=O) groups is 1. The third-order valence-corrected chi connectivity index (χ3v) is 2.32. The summed E-state index contributed by atoms with van der Waals surface area (Å²) in [6, 6.07) is -0.289. The molecule has 0 aromatic carbocycles. The molecule has 1 unspecified atom stereocenters. The lowest BCUT2D eigenvalue weighted by atomic mass is 9.92. The van der Waals surface area contributed by atoms with E-state index in [0.29, 0.717) is 5.03 Å². The molecule has 1 N–H and O–H groups in total. The van der Waals surface area contributed by atoms with Gasteiger partial charge in [-0.1, -0.05) is 24.1 Å². The van der Waals surface area contributed by atoms with E-state index in [4.69, 9.17) is 18.0 Å². The maximum atomic E-state index is 11.5. The van der Waals surface area contributed by atoms with Gasteiger partial charge >= 0.3 is 0 Å². The summed E-state index contributed by atoms with van der Waals surface area (Å²) >= 11 is 5.68. The highest BCUT2D eigenvalue weighted by molar-refractivity contribution is 6.31. The highest BCUT2D eigenvalue weighted by atomic mass is 35.5. The molecule has 0 rings (SSSR count). The summed E-state index contributed by atoms with van der Waals surface area (Å²) in [5.41, 5.74) is -0.785. The molecule has 0 aromatic rings. The van der Waals surface area contributed by atoms with Crippen LogP contribution in [0, 0.1) is 17.8 Å². The molecule has 0 saturated carbocycles. The van der Waals surface area contributed by atoms with E-state index >= 15 is 0 Å². The van der Waals surface area contributed by atoms with Crippen molar-refractivity contribution in [2.45, 2.75) is 26.8 Å². The second-order valence-corrected chi connectivity index (χ2v) is 3.85. The molecule has 3 heteroatoms. The van der Waals surface area contributed by atoms with Gasteiger partial charge in [0.1, 0.15) is 0 Å². The van der Waals surface area contributed by atoms with Crippen molar-refractivity contribution in [1.82, 2.24) is 5.32 Å². The Bertz CT molecular complexity index is 263. The van der Waals surface area contributed by atoms with Gasteiger partial charge in [-0.05, 0) is 20.8 Å². The van der Waals surface area contributed by atoms with Crippen LogP contribution in [-0.2, 0) is 4.79 Å². The molecule has 1 atom stereocenters. The van der Waals surface area contributed by atoms with Crippen LogP contribution >= 0.6 is 11.6 Å². The fraction of sp³-hybridized carbons (Fsp3) is 0.500. The zero-order valence-electron chi connectivity index (χ0n) is 8.15. The lowest BCUT2D eigenvalue weighted by Crippen LogP contribution is -2.41. The number of terminal acetylenes is 1. The van der Waals surface area contributed by atoms with Crippen LogP contribution in [-0.4, -0.2) is 11.9 Å². The summed E-state index contributed by atoms with van der Waals surface area (Å²) in [6.07, 6.45) is 5.12. The second-order valence-electron chi connectivity index (χ2n) is 3.39. The maximum Gasteiger partial charge on any atom is 0.231 e. The monoisotopic (exact) mass is 199 g/mol. The van der Waals surface area contributed by atoms with Gasteiger partial charge in [0.2, 0.25) is 5.91 Å². The molecular formula is C10H14ClNO. The Morgan fingerprint density at radius 3 is 2.46 bits per heavy atom. The van der Waals surface area contributed by atoms with Crippen molar-refractivity contribution in [3.05, 3.63) is 11.6 Å². The normalized spacial score (nSPS) is 12.8. The number of amides is 1. The molecule has 0 saturated heterocycles. The van der Waals surface area contributed by atoms with Crippen molar-refractivity contribution in [2.24, 2.45) is 5.41 Å². The fourth-order valence-electron chi connectivity index (χ4n) is 0.542. The van der Waals surface area contributed by atoms with Crippen molar-refractivity contribution in [2.75, 3.05) is 0 Å². The second kappa shape index (κ2) is 4.34. The summed E-state index contributed by atoms with van der Waals surface area (Å²) in [4.78, 5) is 11.5. The topological polar surface area (TPSA) is 29.1 Å². The van der Waals surface area contributed by atoms with Gasteiger partial charge in [0.25, 0.3) is 0 Å². The van der Waals surface area contributed by atoms with Gasteiger partial charge in [0.15, 0.2) is 0 Å². The Labute approximate surface area is 84.3 Å². The molecule has 0 fully saturated rings. The standard InChI is InChI=1S/C10H14ClNO/c1-6-7(2)12-9(13)10(4,5)8(3)11/h1,7H,3H2,2,4-5H3,(H,12,13). The molecule has 0 radical (unpaired) electrons. The fourth-order valence-corrected chi connectivity index (χ4v) is 0.628. The van der Waals surface area contributed by atoms with E-state index in [1.54, 1.807) is 20.8 Å². The van der Waals surface area contributed by atoms with Crippen LogP contribution in [0.3, 0.4) is 0 Å². The predicted molar refractivity (Wildman–Crippen MR) is 55.2 cm³/mol. The Kier molecular flexibility index (Phi) is 4.03. The van der Waals surface area contributed by atoms with Crippen LogP contribution in [0.4, 0.5) is 0 Å². The van der Waals surface area contributed by atoms with Gasteiger partial charge in [-0.15, -0.1) is 6.42 Å². The largest absolute Gasteiger partial charge is 0.342 e. The number of halogens is 1. The number of hydrogen-bond donors (Lipinski definition) is 1. The highest BCUT2D eigenvalue weighted by Gasteiger charge is 2.30. The lowest BCUT2D eigenvalue weighted by molar-refractivity contribution is -0.127. The van der Waals surface area contributed by atoms with Crippen molar-refractivity contribution in [3.8, 4) is 12.3 Å². The van der Waals surface area contributed by atoms with E-state index in [-0.39, 0.29) is 11.9 Å². The quantitative estimate of drug-likeness (QED) is 0.692. The van der Waals surface area contributed by atoms with E-state index in [0.717, 1.165) is 0 Å². The minimum atomic E-state index is -0.785. The third-order valence-electron chi connectivity index (χ3n) is 1.84. The van der Waals surface area contributed by atoms with Gasteiger partial charge < -0.3 is 5.32 Å². The molecule has 0 aliphatic rings. The Morgan fingerprint density at radius 1 is 1.69 bits per heavy atom. The van der Waals surface area contributed by atoms with Gasteiger partial charge in [-0.3, -0.25) is 4.79 Å². The first-order chi connectivity index (χ1) is 5.82. The van der Waals surface area contributed by atoms with Crippen molar-refractivity contribution in [1.29, 1.82) is 0 Å². The molecule has 0 aromatic heterocycles. The SMILES string of the molecule is C#CC(C)NC(=O)C(C)(C)C(=C)Cl. The van der Waals surface area contributed by atoms with Crippen LogP contribution in [0.5, 0.6) is 0 Å². The van der Waals surface area contributed by atoms with E-state index in [1.165, 1.54) is 0 Å². The van der Waals surface area contributed by atoms with E-state index in [9.17, 15) is 4.79 Å².